The van der Waals surface area contributed by atoms with Gasteiger partial charge >= 0.3 is 0 Å². The zero-order valence-electron chi connectivity index (χ0n) is 13.0. The molecule has 1 aromatic rings. The topological polar surface area (TPSA) is 46.2 Å². The summed E-state index contributed by atoms with van der Waals surface area (Å²) in [6.45, 7) is 8.58. The summed E-state index contributed by atoms with van der Waals surface area (Å²) >= 11 is 0. The molecule has 0 radical (unpaired) electrons. The van der Waals surface area contributed by atoms with Crippen LogP contribution in [0.2, 0.25) is 0 Å². The van der Waals surface area contributed by atoms with Crippen LogP contribution in [0.3, 0.4) is 0 Å². The van der Waals surface area contributed by atoms with Crippen molar-refractivity contribution in [3.63, 3.8) is 0 Å². The Balaban J connectivity index is 2.43. The van der Waals surface area contributed by atoms with Gasteiger partial charge in [0.1, 0.15) is 0 Å². The number of halogens is 2. The Kier molecular flexibility index (Phi) is 7.97. The molecule has 0 atom stereocenters. The van der Waals surface area contributed by atoms with Crippen molar-refractivity contribution < 1.29 is 13.5 Å². The first-order valence-electron chi connectivity index (χ1n) is 7.46. The lowest BCUT2D eigenvalue weighted by Crippen LogP contribution is -2.12. The zero-order chi connectivity index (χ0) is 15.7. The molecule has 0 aliphatic carbocycles. The standard InChI is InChI=1S/C15H25F2N3O/c1-4-6-18-14-12(16)9-13(17)15(20-14)19-7-5-8-21-10-11(2)3/h9,11H,4-8,10H2,1-3H3,(H2,18,19,20). The molecule has 0 aliphatic heterocycles. The Morgan fingerprint density at radius 1 is 1.14 bits per heavy atom. The van der Waals surface area contributed by atoms with Crippen molar-refractivity contribution >= 4 is 11.6 Å². The lowest BCUT2D eigenvalue weighted by molar-refractivity contribution is 0.110. The van der Waals surface area contributed by atoms with Crippen LogP contribution in [-0.2, 0) is 4.74 Å². The number of hydrogen-bond donors (Lipinski definition) is 2. The van der Waals surface area contributed by atoms with E-state index in [1.165, 1.54) is 0 Å². The lowest BCUT2D eigenvalue weighted by atomic mass is 10.2. The normalized spacial score (nSPS) is 11.0. The van der Waals surface area contributed by atoms with Crippen LogP contribution in [0, 0.1) is 17.6 Å². The third kappa shape index (κ3) is 6.71. The van der Waals surface area contributed by atoms with Crippen LogP contribution in [0.15, 0.2) is 6.07 Å². The maximum absolute atomic E-state index is 13.6. The molecule has 0 fully saturated rings. The molecular formula is C15H25F2N3O. The molecule has 0 saturated heterocycles. The summed E-state index contributed by atoms with van der Waals surface area (Å²) in [6.07, 6.45) is 1.58. The van der Waals surface area contributed by atoms with Gasteiger partial charge in [-0.25, -0.2) is 13.8 Å². The van der Waals surface area contributed by atoms with Gasteiger partial charge in [0.25, 0.3) is 0 Å². The van der Waals surface area contributed by atoms with E-state index in [-0.39, 0.29) is 11.6 Å². The maximum Gasteiger partial charge on any atom is 0.168 e. The molecule has 0 aliphatic rings. The summed E-state index contributed by atoms with van der Waals surface area (Å²) < 4.78 is 32.5. The second-order valence-corrected chi connectivity index (χ2v) is 5.33. The van der Waals surface area contributed by atoms with E-state index in [4.69, 9.17) is 4.74 Å². The predicted octanol–water partition coefficient (Wildman–Crippen LogP) is 3.66. The van der Waals surface area contributed by atoms with Gasteiger partial charge in [0.15, 0.2) is 23.3 Å². The third-order valence-corrected chi connectivity index (χ3v) is 2.68. The second-order valence-electron chi connectivity index (χ2n) is 5.33. The van der Waals surface area contributed by atoms with E-state index in [2.05, 4.69) is 29.5 Å². The number of rotatable bonds is 10. The first-order valence-corrected chi connectivity index (χ1v) is 7.46. The molecule has 0 amide bonds. The molecule has 0 unspecified atom stereocenters. The summed E-state index contributed by atoms with van der Waals surface area (Å²) in [6, 6.07) is 0.850. The SMILES string of the molecule is CCCNc1nc(NCCCOCC(C)C)c(F)cc1F. The molecule has 21 heavy (non-hydrogen) atoms. The number of pyridine rings is 1. The summed E-state index contributed by atoms with van der Waals surface area (Å²) in [5.74, 6) is -0.707. The predicted molar refractivity (Wildman–Crippen MR) is 81.7 cm³/mol. The molecule has 0 spiro atoms. The van der Waals surface area contributed by atoms with Crippen LogP contribution in [-0.4, -0.2) is 31.3 Å². The van der Waals surface area contributed by atoms with Crippen molar-refractivity contribution in [2.24, 2.45) is 5.92 Å². The van der Waals surface area contributed by atoms with Crippen LogP contribution in [0.5, 0.6) is 0 Å². The zero-order valence-corrected chi connectivity index (χ0v) is 13.0. The van der Waals surface area contributed by atoms with Crippen LogP contribution >= 0.6 is 0 Å². The molecule has 0 aromatic carbocycles. The highest BCUT2D eigenvalue weighted by molar-refractivity contribution is 5.47. The summed E-state index contributed by atoms with van der Waals surface area (Å²) in [7, 11) is 0. The Labute approximate surface area is 125 Å². The van der Waals surface area contributed by atoms with Gasteiger partial charge in [-0.2, -0.15) is 0 Å². The lowest BCUT2D eigenvalue weighted by Gasteiger charge is -2.11. The molecule has 1 rings (SSSR count). The minimum atomic E-state index is -0.683. The van der Waals surface area contributed by atoms with Crippen molar-refractivity contribution in [1.29, 1.82) is 0 Å². The van der Waals surface area contributed by atoms with Crippen molar-refractivity contribution in [2.75, 3.05) is 36.9 Å². The van der Waals surface area contributed by atoms with Crippen molar-refractivity contribution in [3.8, 4) is 0 Å². The van der Waals surface area contributed by atoms with Gasteiger partial charge in [-0.3, -0.25) is 0 Å². The van der Waals surface area contributed by atoms with E-state index in [9.17, 15) is 8.78 Å². The Bertz CT molecular complexity index is 428. The Morgan fingerprint density at radius 2 is 1.76 bits per heavy atom. The van der Waals surface area contributed by atoms with E-state index in [1.807, 2.05) is 6.92 Å². The summed E-state index contributed by atoms with van der Waals surface area (Å²) in [5.41, 5.74) is 0. The molecule has 0 saturated carbocycles. The van der Waals surface area contributed by atoms with E-state index < -0.39 is 11.6 Å². The van der Waals surface area contributed by atoms with Crippen LogP contribution in [0.1, 0.15) is 33.6 Å². The van der Waals surface area contributed by atoms with Gasteiger partial charge in [0.05, 0.1) is 0 Å². The quantitative estimate of drug-likeness (QED) is 0.648. The average molecular weight is 301 g/mol. The molecule has 0 bridgehead atoms. The number of ether oxygens (including phenoxy) is 1. The summed E-state index contributed by atoms with van der Waals surface area (Å²) in [4.78, 5) is 3.94. The van der Waals surface area contributed by atoms with Crippen LogP contribution < -0.4 is 10.6 Å². The van der Waals surface area contributed by atoms with Gasteiger partial charge in [0, 0.05) is 32.4 Å². The molecule has 2 N–H and O–H groups in total. The highest BCUT2D eigenvalue weighted by Crippen LogP contribution is 2.18. The fourth-order valence-corrected chi connectivity index (χ4v) is 1.66. The van der Waals surface area contributed by atoms with E-state index in [1.54, 1.807) is 0 Å². The molecule has 120 valence electrons. The third-order valence-electron chi connectivity index (χ3n) is 2.68. The Morgan fingerprint density at radius 3 is 2.33 bits per heavy atom. The van der Waals surface area contributed by atoms with Gasteiger partial charge < -0.3 is 15.4 Å². The first kappa shape index (κ1) is 17.6. The van der Waals surface area contributed by atoms with Crippen LogP contribution in [0.25, 0.3) is 0 Å². The molecule has 4 nitrogen and oxygen atoms in total. The van der Waals surface area contributed by atoms with Gasteiger partial charge in [-0.05, 0) is 18.8 Å². The van der Waals surface area contributed by atoms with Crippen molar-refractivity contribution in [3.05, 3.63) is 17.7 Å². The van der Waals surface area contributed by atoms with Crippen LogP contribution in [0.4, 0.5) is 20.4 Å². The highest BCUT2D eigenvalue weighted by atomic mass is 19.1. The van der Waals surface area contributed by atoms with Crippen molar-refractivity contribution in [2.45, 2.75) is 33.6 Å². The number of anilines is 2. The van der Waals surface area contributed by atoms with Gasteiger partial charge in [-0.15, -0.1) is 0 Å². The monoisotopic (exact) mass is 301 g/mol. The van der Waals surface area contributed by atoms with E-state index in [0.717, 1.165) is 18.9 Å². The Hall–Kier alpha value is -1.43. The summed E-state index contributed by atoms with van der Waals surface area (Å²) in [5, 5.41) is 5.71. The molecule has 1 heterocycles. The number of nitrogens with one attached hydrogen (secondary N) is 2. The minimum absolute atomic E-state index is 0.0684. The number of nitrogens with zero attached hydrogens (tertiary/aromatic N) is 1. The van der Waals surface area contributed by atoms with E-state index in [0.29, 0.717) is 32.2 Å². The maximum atomic E-state index is 13.6. The number of aromatic nitrogens is 1. The fraction of sp³-hybridized carbons (Fsp3) is 0.667. The first-order chi connectivity index (χ1) is 10.0. The number of hydrogen-bond acceptors (Lipinski definition) is 4. The molecular weight excluding hydrogens is 276 g/mol. The minimum Gasteiger partial charge on any atom is -0.381 e. The van der Waals surface area contributed by atoms with Gasteiger partial charge in [-0.1, -0.05) is 20.8 Å². The highest BCUT2D eigenvalue weighted by Gasteiger charge is 2.11. The fourth-order valence-electron chi connectivity index (χ4n) is 1.66. The van der Waals surface area contributed by atoms with Gasteiger partial charge in [0.2, 0.25) is 0 Å². The van der Waals surface area contributed by atoms with E-state index >= 15 is 0 Å². The average Bonchev–Trinajstić information content (AvgIpc) is 2.43. The largest absolute Gasteiger partial charge is 0.381 e. The van der Waals surface area contributed by atoms with Crippen molar-refractivity contribution in [1.82, 2.24) is 4.98 Å². The smallest absolute Gasteiger partial charge is 0.168 e. The second kappa shape index (κ2) is 9.50. The molecule has 1 aromatic heterocycles. The molecule has 6 heteroatoms.